The Balaban J connectivity index is 1.90. The maximum absolute atomic E-state index is 12.5. The Bertz CT molecular complexity index is 1100. The van der Waals surface area contributed by atoms with Gasteiger partial charge in [-0.15, -0.1) is 0 Å². The SMILES string of the molecule is COc1ccc(-n2c(C)cc(/C=C(\C#N)C(=O)Nc3ccc(Cl)cc3)c2C)cc1. The number of nitrogens with zero attached hydrogens (tertiary/aromatic N) is 2. The van der Waals surface area contributed by atoms with Crippen molar-refractivity contribution in [1.82, 2.24) is 4.57 Å². The summed E-state index contributed by atoms with van der Waals surface area (Å²) < 4.78 is 7.28. The van der Waals surface area contributed by atoms with Crippen molar-refractivity contribution in [2.24, 2.45) is 0 Å². The Hall–Kier alpha value is -3.49. The van der Waals surface area contributed by atoms with E-state index >= 15 is 0 Å². The quantitative estimate of drug-likeness (QED) is 0.462. The molecule has 3 rings (SSSR count). The number of nitriles is 1. The number of nitrogens with one attached hydrogen (secondary N) is 1. The zero-order valence-corrected chi connectivity index (χ0v) is 17.1. The molecular weight excluding hydrogens is 386 g/mol. The summed E-state index contributed by atoms with van der Waals surface area (Å²) in [5, 5.41) is 12.8. The van der Waals surface area contributed by atoms with Gasteiger partial charge in [0.1, 0.15) is 17.4 Å². The second kappa shape index (κ2) is 8.68. The Labute approximate surface area is 174 Å². The summed E-state index contributed by atoms with van der Waals surface area (Å²) in [6, 6.07) is 18.4. The highest BCUT2D eigenvalue weighted by Gasteiger charge is 2.14. The smallest absolute Gasteiger partial charge is 0.266 e. The lowest BCUT2D eigenvalue weighted by Crippen LogP contribution is -2.13. The van der Waals surface area contributed by atoms with Crippen LogP contribution in [-0.4, -0.2) is 17.6 Å². The molecule has 146 valence electrons. The number of anilines is 1. The summed E-state index contributed by atoms with van der Waals surface area (Å²) in [4.78, 5) is 12.5. The van der Waals surface area contributed by atoms with Gasteiger partial charge in [-0.25, -0.2) is 0 Å². The van der Waals surface area contributed by atoms with Crippen LogP contribution in [0.4, 0.5) is 5.69 Å². The van der Waals surface area contributed by atoms with E-state index < -0.39 is 5.91 Å². The van der Waals surface area contributed by atoms with Crippen molar-refractivity contribution in [3.8, 4) is 17.5 Å². The number of hydrogen-bond donors (Lipinski definition) is 1. The number of aromatic nitrogens is 1. The van der Waals surface area contributed by atoms with E-state index in [9.17, 15) is 10.1 Å². The number of aryl methyl sites for hydroxylation is 1. The average Bonchev–Trinajstić information content (AvgIpc) is 3.00. The minimum atomic E-state index is -0.468. The zero-order valence-electron chi connectivity index (χ0n) is 16.4. The van der Waals surface area contributed by atoms with Crippen molar-refractivity contribution in [2.45, 2.75) is 13.8 Å². The van der Waals surface area contributed by atoms with Gasteiger partial charge < -0.3 is 14.6 Å². The first-order valence-electron chi connectivity index (χ1n) is 8.95. The van der Waals surface area contributed by atoms with E-state index in [2.05, 4.69) is 9.88 Å². The molecular formula is C23H20ClN3O2. The van der Waals surface area contributed by atoms with Gasteiger partial charge in [0.05, 0.1) is 7.11 Å². The maximum Gasteiger partial charge on any atom is 0.266 e. The number of rotatable bonds is 5. The molecule has 0 spiro atoms. The summed E-state index contributed by atoms with van der Waals surface area (Å²) in [6.45, 7) is 3.93. The minimum absolute atomic E-state index is 0.0231. The van der Waals surface area contributed by atoms with Crippen LogP contribution in [0.25, 0.3) is 11.8 Å². The van der Waals surface area contributed by atoms with Crippen LogP contribution in [0.1, 0.15) is 17.0 Å². The lowest BCUT2D eigenvalue weighted by Gasteiger charge is -2.10. The first-order valence-corrected chi connectivity index (χ1v) is 9.33. The number of carbonyl (C=O) groups is 1. The van der Waals surface area contributed by atoms with Crippen molar-refractivity contribution in [2.75, 3.05) is 12.4 Å². The number of benzene rings is 2. The largest absolute Gasteiger partial charge is 0.497 e. The van der Waals surface area contributed by atoms with Crippen molar-refractivity contribution in [1.29, 1.82) is 5.26 Å². The molecule has 0 aliphatic heterocycles. The molecule has 1 N–H and O–H groups in total. The van der Waals surface area contributed by atoms with Gasteiger partial charge in [0, 0.05) is 27.8 Å². The molecule has 29 heavy (non-hydrogen) atoms. The molecule has 1 aromatic heterocycles. The van der Waals surface area contributed by atoms with Gasteiger partial charge >= 0.3 is 0 Å². The van der Waals surface area contributed by atoms with E-state index in [-0.39, 0.29) is 5.57 Å². The molecule has 2 aromatic carbocycles. The van der Waals surface area contributed by atoms with Crippen LogP contribution >= 0.6 is 11.6 Å². The van der Waals surface area contributed by atoms with Gasteiger partial charge in [-0.2, -0.15) is 5.26 Å². The summed E-state index contributed by atoms with van der Waals surface area (Å²) in [5.74, 6) is 0.311. The Morgan fingerprint density at radius 3 is 2.38 bits per heavy atom. The van der Waals surface area contributed by atoms with Crippen LogP contribution in [0, 0.1) is 25.2 Å². The Morgan fingerprint density at radius 2 is 1.79 bits per heavy atom. The van der Waals surface area contributed by atoms with E-state index in [1.165, 1.54) is 0 Å². The van der Waals surface area contributed by atoms with Gasteiger partial charge in [0.15, 0.2) is 0 Å². The maximum atomic E-state index is 12.5. The first-order chi connectivity index (χ1) is 13.9. The molecule has 0 unspecified atom stereocenters. The highest BCUT2D eigenvalue weighted by atomic mass is 35.5. The number of carbonyl (C=O) groups excluding carboxylic acids is 1. The van der Waals surface area contributed by atoms with Gasteiger partial charge in [-0.3, -0.25) is 4.79 Å². The molecule has 6 heteroatoms. The number of amides is 1. The molecule has 0 radical (unpaired) electrons. The molecule has 3 aromatic rings. The van der Waals surface area contributed by atoms with E-state index in [4.69, 9.17) is 16.3 Å². The highest BCUT2D eigenvalue weighted by molar-refractivity contribution is 6.30. The third-order valence-corrected chi connectivity index (χ3v) is 4.82. The summed E-state index contributed by atoms with van der Waals surface area (Å²) in [7, 11) is 1.63. The Morgan fingerprint density at radius 1 is 1.14 bits per heavy atom. The predicted octanol–water partition coefficient (Wildman–Crippen LogP) is 5.30. The van der Waals surface area contributed by atoms with E-state index in [1.807, 2.05) is 50.2 Å². The highest BCUT2D eigenvalue weighted by Crippen LogP contribution is 2.24. The van der Waals surface area contributed by atoms with Crippen molar-refractivity contribution >= 4 is 29.3 Å². The second-order valence-electron chi connectivity index (χ2n) is 6.49. The predicted molar refractivity (Wildman–Crippen MR) is 115 cm³/mol. The topological polar surface area (TPSA) is 67.0 Å². The van der Waals surface area contributed by atoms with Crippen LogP contribution in [0.2, 0.25) is 5.02 Å². The molecule has 0 bridgehead atoms. The fraction of sp³-hybridized carbons (Fsp3) is 0.130. The minimum Gasteiger partial charge on any atom is -0.497 e. The lowest BCUT2D eigenvalue weighted by molar-refractivity contribution is -0.112. The monoisotopic (exact) mass is 405 g/mol. The molecule has 1 heterocycles. The third kappa shape index (κ3) is 4.50. The lowest BCUT2D eigenvalue weighted by atomic mass is 10.1. The van der Waals surface area contributed by atoms with Crippen LogP contribution in [0.15, 0.2) is 60.2 Å². The van der Waals surface area contributed by atoms with E-state index in [0.717, 1.165) is 28.4 Å². The van der Waals surface area contributed by atoms with E-state index in [1.54, 1.807) is 37.5 Å². The summed E-state index contributed by atoms with van der Waals surface area (Å²) in [6.07, 6.45) is 1.60. The van der Waals surface area contributed by atoms with Crippen molar-refractivity contribution in [3.05, 3.63) is 82.1 Å². The number of halogens is 1. The molecule has 0 saturated heterocycles. The van der Waals surface area contributed by atoms with Crippen LogP contribution < -0.4 is 10.1 Å². The number of methoxy groups -OCH3 is 1. The van der Waals surface area contributed by atoms with Gasteiger partial charge in [0.2, 0.25) is 0 Å². The third-order valence-electron chi connectivity index (χ3n) is 4.57. The van der Waals surface area contributed by atoms with Crippen LogP contribution in [-0.2, 0) is 4.79 Å². The number of ether oxygens (including phenoxy) is 1. The van der Waals surface area contributed by atoms with Gasteiger partial charge in [-0.05, 0) is 80.1 Å². The second-order valence-corrected chi connectivity index (χ2v) is 6.93. The standard InChI is InChI=1S/C23H20ClN3O2/c1-15-12-17(16(2)27(15)21-8-10-22(29-3)11-9-21)13-18(14-25)23(28)26-20-6-4-19(24)5-7-20/h4-13H,1-3H3,(H,26,28)/b18-13+. The van der Waals surface area contributed by atoms with Crippen LogP contribution in [0.5, 0.6) is 5.75 Å². The molecule has 0 atom stereocenters. The molecule has 0 fully saturated rings. The van der Waals surface area contributed by atoms with Crippen molar-refractivity contribution in [3.63, 3.8) is 0 Å². The summed E-state index contributed by atoms with van der Waals surface area (Å²) >= 11 is 5.86. The fourth-order valence-electron chi connectivity index (χ4n) is 3.10. The fourth-order valence-corrected chi connectivity index (χ4v) is 3.22. The van der Waals surface area contributed by atoms with Gasteiger partial charge in [0.25, 0.3) is 5.91 Å². The molecule has 0 aliphatic rings. The zero-order chi connectivity index (χ0) is 21.0. The molecule has 0 aliphatic carbocycles. The average molecular weight is 406 g/mol. The summed E-state index contributed by atoms with van der Waals surface area (Å²) in [5.41, 5.74) is 4.30. The molecule has 0 saturated carbocycles. The van der Waals surface area contributed by atoms with Gasteiger partial charge in [-0.1, -0.05) is 11.6 Å². The van der Waals surface area contributed by atoms with Crippen molar-refractivity contribution < 1.29 is 9.53 Å². The van der Waals surface area contributed by atoms with E-state index in [0.29, 0.717) is 10.7 Å². The number of hydrogen-bond acceptors (Lipinski definition) is 3. The first kappa shape index (κ1) is 20.2. The molecule has 1 amide bonds. The Kier molecular flexibility index (Phi) is 6.06. The molecule has 5 nitrogen and oxygen atoms in total. The van der Waals surface area contributed by atoms with Crippen LogP contribution in [0.3, 0.4) is 0 Å². The normalized spacial score (nSPS) is 11.1.